The molecule has 1 N–H and O–H groups in total. The third kappa shape index (κ3) is 3.97. The van der Waals surface area contributed by atoms with Gasteiger partial charge in [-0.2, -0.15) is 8.99 Å². The largest absolute Gasteiger partial charge is 0.373 e. The quantitative estimate of drug-likeness (QED) is 0.579. The number of halogens is 1. The van der Waals surface area contributed by atoms with Gasteiger partial charge in [0.2, 0.25) is 10.0 Å². The molecule has 1 aliphatic heterocycles. The van der Waals surface area contributed by atoms with Crippen LogP contribution in [0.15, 0.2) is 64.3 Å². The van der Waals surface area contributed by atoms with Gasteiger partial charge in [-0.15, -0.1) is 4.68 Å². The minimum Gasteiger partial charge on any atom is -0.314 e. The van der Waals surface area contributed by atoms with E-state index in [9.17, 15) is 17.6 Å². The minimum absolute atomic E-state index is 0.0735. The van der Waals surface area contributed by atoms with E-state index in [-0.39, 0.29) is 10.6 Å². The molecular formula is C18H20FN6O3S+. The number of hydrogen-bond donors (Lipinski definition) is 1. The van der Waals surface area contributed by atoms with Gasteiger partial charge in [-0.05, 0) is 46.8 Å². The summed E-state index contributed by atoms with van der Waals surface area (Å²) in [5.41, 5.74) is 0.291. The lowest BCUT2D eigenvalue weighted by molar-refractivity contribution is -0.927. The summed E-state index contributed by atoms with van der Waals surface area (Å²) in [5.74, 6) is -0.479. The van der Waals surface area contributed by atoms with Crippen LogP contribution < -0.4 is 10.6 Å². The van der Waals surface area contributed by atoms with Crippen LogP contribution in [0.25, 0.3) is 5.69 Å². The molecule has 11 heteroatoms. The zero-order valence-electron chi connectivity index (χ0n) is 15.5. The zero-order chi connectivity index (χ0) is 20.4. The fourth-order valence-electron chi connectivity index (χ4n) is 3.27. The van der Waals surface area contributed by atoms with Crippen LogP contribution in [0.2, 0.25) is 0 Å². The lowest BCUT2D eigenvalue weighted by atomic mass is 10.3. The molecule has 2 aromatic carbocycles. The molecule has 9 nitrogen and oxygen atoms in total. The van der Waals surface area contributed by atoms with Crippen molar-refractivity contribution in [2.45, 2.75) is 11.6 Å². The molecule has 2 heterocycles. The van der Waals surface area contributed by atoms with Crippen molar-refractivity contribution < 1.29 is 17.7 Å². The number of aromatic nitrogens is 4. The van der Waals surface area contributed by atoms with Gasteiger partial charge in [0.1, 0.15) is 5.82 Å². The van der Waals surface area contributed by atoms with Gasteiger partial charge in [0.15, 0.2) is 6.67 Å². The Labute approximate surface area is 166 Å². The Bertz CT molecular complexity index is 1140. The van der Waals surface area contributed by atoms with Crippen molar-refractivity contribution >= 4 is 10.0 Å². The van der Waals surface area contributed by atoms with Crippen molar-refractivity contribution in [2.75, 3.05) is 26.2 Å². The van der Waals surface area contributed by atoms with Gasteiger partial charge < -0.3 is 4.90 Å². The molecule has 0 atom stereocenters. The Morgan fingerprint density at radius 3 is 2.28 bits per heavy atom. The van der Waals surface area contributed by atoms with Crippen molar-refractivity contribution in [3.63, 3.8) is 0 Å². The van der Waals surface area contributed by atoms with Gasteiger partial charge in [0, 0.05) is 0 Å². The summed E-state index contributed by atoms with van der Waals surface area (Å²) in [6.07, 6.45) is 0. The van der Waals surface area contributed by atoms with E-state index in [1.807, 2.05) is 18.2 Å². The molecule has 1 aromatic heterocycles. The van der Waals surface area contributed by atoms with E-state index in [1.54, 1.807) is 12.1 Å². The normalized spacial score (nSPS) is 16.2. The summed E-state index contributed by atoms with van der Waals surface area (Å²) in [4.78, 5) is 13.6. The highest BCUT2D eigenvalue weighted by Gasteiger charge is 2.31. The molecular weight excluding hydrogens is 399 g/mol. The number of para-hydroxylation sites is 1. The Balaban J connectivity index is 1.41. The standard InChI is InChI=1S/C18H19FN6O3S/c19-15-6-8-17(9-7-15)29(27,28)23-12-10-22(11-13-23)14-24-18(26)25(21-20-24)16-4-2-1-3-5-16/h1-9H,10-14H2/p+1. The van der Waals surface area contributed by atoms with E-state index in [0.29, 0.717) is 38.5 Å². The van der Waals surface area contributed by atoms with E-state index in [0.717, 1.165) is 17.0 Å². The zero-order valence-corrected chi connectivity index (χ0v) is 16.3. The maximum atomic E-state index is 13.1. The Morgan fingerprint density at radius 1 is 0.966 bits per heavy atom. The average Bonchev–Trinajstić information content (AvgIpc) is 3.09. The van der Waals surface area contributed by atoms with Crippen LogP contribution in [0.1, 0.15) is 0 Å². The smallest absolute Gasteiger partial charge is 0.314 e. The molecule has 0 saturated carbocycles. The van der Waals surface area contributed by atoms with Crippen LogP contribution in [-0.4, -0.2) is 58.7 Å². The number of nitrogens with zero attached hydrogens (tertiary/aromatic N) is 5. The monoisotopic (exact) mass is 419 g/mol. The van der Waals surface area contributed by atoms with Gasteiger partial charge in [0.25, 0.3) is 0 Å². The van der Waals surface area contributed by atoms with Crippen LogP contribution in [0.5, 0.6) is 0 Å². The molecule has 0 aliphatic carbocycles. The van der Waals surface area contributed by atoms with Crippen LogP contribution >= 0.6 is 0 Å². The molecule has 0 unspecified atom stereocenters. The second kappa shape index (κ2) is 7.85. The van der Waals surface area contributed by atoms with Crippen molar-refractivity contribution in [3.8, 4) is 5.69 Å². The molecule has 1 fully saturated rings. The average molecular weight is 419 g/mol. The molecule has 29 heavy (non-hydrogen) atoms. The number of piperazine rings is 1. The van der Waals surface area contributed by atoms with Gasteiger partial charge in [-0.1, -0.05) is 18.2 Å². The molecule has 4 rings (SSSR count). The topological polar surface area (TPSA) is 94.5 Å². The van der Waals surface area contributed by atoms with Crippen molar-refractivity contribution in [3.05, 3.63) is 70.9 Å². The summed E-state index contributed by atoms with van der Waals surface area (Å²) < 4.78 is 42.3. The summed E-state index contributed by atoms with van der Waals surface area (Å²) in [7, 11) is -3.66. The van der Waals surface area contributed by atoms with Crippen LogP contribution in [0.4, 0.5) is 4.39 Å². The number of hydrogen-bond acceptors (Lipinski definition) is 5. The SMILES string of the molecule is O=c1n(C[NH+]2CCN(S(=O)(=O)c3ccc(F)cc3)CC2)nnn1-c1ccccc1. The Kier molecular flexibility index (Phi) is 5.26. The van der Waals surface area contributed by atoms with Gasteiger partial charge in [-0.25, -0.2) is 17.6 Å². The number of sulfonamides is 1. The molecule has 152 valence electrons. The number of nitrogens with one attached hydrogen (secondary N) is 1. The van der Waals surface area contributed by atoms with E-state index >= 15 is 0 Å². The van der Waals surface area contributed by atoms with Crippen LogP contribution in [0.3, 0.4) is 0 Å². The predicted molar refractivity (Wildman–Crippen MR) is 101 cm³/mol. The molecule has 3 aromatic rings. The summed E-state index contributed by atoms with van der Waals surface area (Å²) in [6.45, 7) is 1.94. The first-order chi connectivity index (χ1) is 13.9. The molecule has 0 radical (unpaired) electrons. The maximum Gasteiger partial charge on any atom is 0.373 e. The lowest BCUT2D eigenvalue weighted by Crippen LogP contribution is -3.14. The molecule has 0 amide bonds. The first-order valence-corrected chi connectivity index (χ1v) is 10.6. The van der Waals surface area contributed by atoms with E-state index < -0.39 is 15.8 Å². The highest BCUT2D eigenvalue weighted by molar-refractivity contribution is 7.89. The fraction of sp³-hybridized carbons (Fsp3) is 0.278. The highest BCUT2D eigenvalue weighted by atomic mass is 32.2. The first-order valence-electron chi connectivity index (χ1n) is 9.13. The molecule has 1 saturated heterocycles. The minimum atomic E-state index is -3.66. The summed E-state index contributed by atoms with van der Waals surface area (Å²) >= 11 is 0. The molecule has 0 spiro atoms. The summed E-state index contributed by atoms with van der Waals surface area (Å²) in [5, 5.41) is 7.86. The van der Waals surface area contributed by atoms with E-state index in [1.165, 1.54) is 25.8 Å². The number of quaternary nitrogens is 1. The van der Waals surface area contributed by atoms with Crippen LogP contribution in [-0.2, 0) is 16.7 Å². The van der Waals surface area contributed by atoms with E-state index in [4.69, 9.17) is 0 Å². The highest BCUT2D eigenvalue weighted by Crippen LogP contribution is 2.16. The summed E-state index contributed by atoms with van der Waals surface area (Å²) in [6, 6.07) is 13.8. The maximum absolute atomic E-state index is 13.1. The van der Waals surface area contributed by atoms with E-state index in [2.05, 4.69) is 10.4 Å². The third-order valence-corrected chi connectivity index (χ3v) is 6.81. The van der Waals surface area contributed by atoms with Crippen LogP contribution in [0, 0.1) is 5.82 Å². The third-order valence-electron chi connectivity index (χ3n) is 4.89. The first kappa shape index (κ1) is 19.4. The lowest BCUT2D eigenvalue weighted by Gasteiger charge is -2.31. The van der Waals surface area contributed by atoms with Crippen molar-refractivity contribution in [1.29, 1.82) is 0 Å². The molecule has 1 aliphatic rings. The van der Waals surface area contributed by atoms with Crippen molar-refractivity contribution in [2.24, 2.45) is 0 Å². The van der Waals surface area contributed by atoms with Crippen molar-refractivity contribution in [1.82, 2.24) is 24.1 Å². The van der Waals surface area contributed by atoms with Gasteiger partial charge in [-0.3, -0.25) is 0 Å². The Hall–Kier alpha value is -2.89. The van der Waals surface area contributed by atoms with Gasteiger partial charge >= 0.3 is 5.69 Å². The predicted octanol–water partition coefficient (Wildman–Crippen LogP) is -0.885. The van der Waals surface area contributed by atoms with Gasteiger partial charge in [0.05, 0.1) is 36.8 Å². The number of tetrazole rings is 1. The molecule has 0 bridgehead atoms. The second-order valence-corrected chi connectivity index (χ2v) is 8.71. The number of rotatable bonds is 5. The fourth-order valence-corrected chi connectivity index (χ4v) is 4.71. The Morgan fingerprint density at radius 2 is 1.62 bits per heavy atom. The second-order valence-electron chi connectivity index (χ2n) is 6.77. The number of benzene rings is 2.